The number of aromatic amines is 1. The highest BCUT2D eigenvalue weighted by Gasteiger charge is 2.15. The summed E-state index contributed by atoms with van der Waals surface area (Å²) in [4.78, 5) is 14.5. The van der Waals surface area contributed by atoms with Gasteiger partial charge in [0.05, 0.1) is 7.11 Å². The average molecular weight is 238 g/mol. The summed E-state index contributed by atoms with van der Waals surface area (Å²) in [5, 5.41) is 1.69. The smallest absolute Gasteiger partial charge is 0.354 e. The average Bonchev–Trinajstić information content (AvgIpc) is 2.56. The molecule has 1 heterocycles. The Labute approximate surface area is 98.4 Å². The first-order valence-corrected chi connectivity index (χ1v) is 5.29. The molecule has 0 bridgehead atoms. The van der Waals surface area contributed by atoms with E-state index in [4.69, 9.17) is 16.3 Å². The number of hydrogen-bond donors (Lipinski definition) is 1. The fourth-order valence-electron chi connectivity index (χ4n) is 1.76. The zero-order chi connectivity index (χ0) is 11.9. The van der Waals surface area contributed by atoms with Gasteiger partial charge in [-0.3, -0.25) is 0 Å². The normalized spacial score (nSPS) is 10.8. The van der Waals surface area contributed by atoms with E-state index in [1.807, 2.05) is 26.0 Å². The SMILES string of the molecule is COC(=O)c1[nH]c2cc(Cl)c(C)cc2c1C. The van der Waals surface area contributed by atoms with Crippen LogP contribution >= 0.6 is 11.6 Å². The Morgan fingerprint density at radius 1 is 1.38 bits per heavy atom. The Kier molecular flexibility index (Phi) is 2.64. The van der Waals surface area contributed by atoms with E-state index in [-0.39, 0.29) is 5.97 Å². The van der Waals surface area contributed by atoms with Crippen LogP contribution in [0.3, 0.4) is 0 Å². The van der Waals surface area contributed by atoms with Gasteiger partial charge < -0.3 is 9.72 Å². The van der Waals surface area contributed by atoms with Crippen molar-refractivity contribution in [2.75, 3.05) is 7.11 Å². The van der Waals surface area contributed by atoms with Gasteiger partial charge in [-0.05, 0) is 37.1 Å². The summed E-state index contributed by atoms with van der Waals surface area (Å²) in [7, 11) is 1.37. The van der Waals surface area contributed by atoms with Gasteiger partial charge in [0.2, 0.25) is 0 Å². The van der Waals surface area contributed by atoms with Crippen LogP contribution in [0.15, 0.2) is 12.1 Å². The molecule has 2 rings (SSSR count). The molecule has 2 aromatic rings. The van der Waals surface area contributed by atoms with Crippen molar-refractivity contribution in [2.45, 2.75) is 13.8 Å². The number of esters is 1. The maximum absolute atomic E-state index is 11.5. The molecule has 1 N–H and O–H groups in total. The zero-order valence-corrected chi connectivity index (χ0v) is 10.1. The molecule has 1 aromatic heterocycles. The van der Waals surface area contributed by atoms with Gasteiger partial charge in [0.1, 0.15) is 5.69 Å². The molecule has 0 atom stereocenters. The Hall–Kier alpha value is -1.48. The van der Waals surface area contributed by atoms with Crippen molar-refractivity contribution >= 4 is 28.5 Å². The molecule has 0 spiro atoms. The fourth-order valence-corrected chi connectivity index (χ4v) is 1.93. The zero-order valence-electron chi connectivity index (χ0n) is 9.35. The van der Waals surface area contributed by atoms with Crippen molar-refractivity contribution in [3.63, 3.8) is 0 Å². The molecule has 16 heavy (non-hydrogen) atoms. The molecule has 0 saturated carbocycles. The number of benzene rings is 1. The number of fused-ring (bicyclic) bond motifs is 1. The first kappa shape index (κ1) is 11.0. The minimum absolute atomic E-state index is 0.359. The number of nitrogens with one attached hydrogen (secondary N) is 1. The molecular formula is C12H12ClNO2. The van der Waals surface area contributed by atoms with Crippen LogP contribution in [0.4, 0.5) is 0 Å². The van der Waals surface area contributed by atoms with Crippen molar-refractivity contribution in [2.24, 2.45) is 0 Å². The third-order valence-corrected chi connectivity index (χ3v) is 3.13. The monoisotopic (exact) mass is 237 g/mol. The van der Waals surface area contributed by atoms with Crippen LogP contribution in [0.1, 0.15) is 21.6 Å². The van der Waals surface area contributed by atoms with E-state index >= 15 is 0 Å². The lowest BCUT2D eigenvalue weighted by atomic mass is 10.1. The Balaban J connectivity index is 2.73. The largest absolute Gasteiger partial charge is 0.464 e. The predicted octanol–water partition coefficient (Wildman–Crippen LogP) is 3.22. The van der Waals surface area contributed by atoms with E-state index in [9.17, 15) is 4.79 Å². The number of carbonyl (C=O) groups is 1. The maximum atomic E-state index is 11.5. The summed E-state index contributed by atoms with van der Waals surface area (Å²) in [5.41, 5.74) is 3.22. The summed E-state index contributed by atoms with van der Waals surface area (Å²) >= 11 is 6.03. The fraction of sp³-hybridized carbons (Fsp3) is 0.250. The second-order valence-electron chi connectivity index (χ2n) is 3.76. The standard InChI is InChI=1S/C12H12ClNO2/c1-6-4-8-7(2)11(12(15)16-3)14-10(8)5-9(6)13/h4-5,14H,1-3H3. The van der Waals surface area contributed by atoms with E-state index in [1.165, 1.54) is 7.11 Å². The van der Waals surface area contributed by atoms with Crippen LogP contribution in [0.25, 0.3) is 10.9 Å². The Bertz CT molecular complexity index is 572. The van der Waals surface area contributed by atoms with Crippen LogP contribution < -0.4 is 0 Å². The van der Waals surface area contributed by atoms with Gasteiger partial charge in [0, 0.05) is 15.9 Å². The molecule has 0 fully saturated rings. The van der Waals surface area contributed by atoms with Gasteiger partial charge >= 0.3 is 5.97 Å². The van der Waals surface area contributed by atoms with Crippen LogP contribution in [0.2, 0.25) is 5.02 Å². The van der Waals surface area contributed by atoms with Gasteiger partial charge in [-0.2, -0.15) is 0 Å². The number of halogens is 1. The van der Waals surface area contributed by atoms with Crippen molar-refractivity contribution in [3.05, 3.63) is 34.0 Å². The molecule has 1 aromatic carbocycles. The van der Waals surface area contributed by atoms with Gasteiger partial charge in [-0.15, -0.1) is 0 Å². The highest BCUT2D eigenvalue weighted by Crippen LogP contribution is 2.27. The molecule has 84 valence electrons. The van der Waals surface area contributed by atoms with E-state index in [1.54, 1.807) is 0 Å². The van der Waals surface area contributed by atoms with E-state index < -0.39 is 0 Å². The summed E-state index contributed by atoms with van der Waals surface area (Å²) in [5.74, 6) is -0.359. The summed E-state index contributed by atoms with van der Waals surface area (Å²) in [6.07, 6.45) is 0. The topological polar surface area (TPSA) is 42.1 Å². The molecule has 0 aliphatic heterocycles. The highest BCUT2D eigenvalue weighted by molar-refractivity contribution is 6.32. The number of hydrogen-bond acceptors (Lipinski definition) is 2. The quantitative estimate of drug-likeness (QED) is 0.774. The van der Waals surface area contributed by atoms with Gasteiger partial charge in [-0.25, -0.2) is 4.79 Å². The second kappa shape index (κ2) is 3.83. The molecule has 0 radical (unpaired) electrons. The molecule has 0 aliphatic rings. The van der Waals surface area contributed by atoms with Gasteiger partial charge in [0.15, 0.2) is 0 Å². The molecule has 0 saturated heterocycles. The van der Waals surface area contributed by atoms with Crippen LogP contribution in [0, 0.1) is 13.8 Å². The van der Waals surface area contributed by atoms with Gasteiger partial charge in [-0.1, -0.05) is 11.6 Å². The highest BCUT2D eigenvalue weighted by atomic mass is 35.5. The summed E-state index contributed by atoms with van der Waals surface area (Å²) < 4.78 is 4.70. The second-order valence-corrected chi connectivity index (χ2v) is 4.17. The first-order chi connectivity index (χ1) is 7.54. The van der Waals surface area contributed by atoms with Crippen molar-refractivity contribution in [1.82, 2.24) is 4.98 Å². The third-order valence-electron chi connectivity index (χ3n) is 2.73. The lowest BCUT2D eigenvalue weighted by molar-refractivity contribution is 0.0594. The number of aryl methyl sites for hydroxylation is 2. The summed E-state index contributed by atoms with van der Waals surface area (Å²) in [6.45, 7) is 3.82. The molecule has 4 heteroatoms. The van der Waals surface area contributed by atoms with E-state index in [0.29, 0.717) is 10.7 Å². The molecular weight excluding hydrogens is 226 g/mol. The number of methoxy groups -OCH3 is 1. The molecule has 0 aliphatic carbocycles. The molecule has 3 nitrogen and oxygen atoms in total. The third kappa shape index (κ3) is 1.57. The minimum atomic E-state index is -0.359. The number of aromatic nitrogens is 1. The first-order valence-electron chi connectivity index (χ1n) is 4.91. The molecule has 0 unspecified atom stereocenters. The van der Waals surface area contributed by atoms with Gasteiger partial charge in [0.25, 0.3) is 0 Å². The summed E-state index contributed by atoms with van der Waals surface area (Å²) in [6, 6.07) is 3.79. The van der Waals surface area contributed by atoms with Crippen LogP contribution in [-0.4, -0.2) is 18.1 Å². The van der Waals surface area contributed by atoms with E-state index in [2.05, 4.69) is 4.98 Å². The number of rotatable bonds is 1. The number of ether oxygens (including phenoxy) is 1. The predicted molar refractivity (Wildman–Crippen MR) is 64.1 cm³/mol. The molecule has 0 amide bonds. The Morgan fingerprint density at radius 2 is 2.06 bits per heavy atom. The minimum Gasteiger partial charge on any atom is -0.464 e. The van der Waals surface area contributed by atoms with Crippen LogP contribution in [-0.2, 0) is 4.74 Å². The van der Waals surface area contributed by atoms with Crippen molar-refractivity contribution < 1.29 is 9.53 Å². The maximum Gasteiger partial charge on any atom is 0.354 e. The lowest BCUT2D eigenvalue weighted by Gasteiger charge is -1.98. The van der Waals surface area contributed by atoms with Crippen LogP contribution in [0.5, 0.6) is 0 Å². The number of H-pyrrole nitrogens is 1. The van der Waals surface area contributed by atoms with E-state index in [0.717, 1.165) is 22.0 Å². The Morgan fingerprint density at radius 3 is 2.69 bits per heavy atom. The lowest BCUT2D eigenvalue weighted by Crippen LogP contribution is -2.02. The van der Waals surface area contributed by atoms with Crippen molar-refractivity contribution in [3.8, 4) is 0 Å². The number of carbonyl (C=O) groups excluding carboxylic acids is 1. The van der Waals surface area contributed by atoms with Crippen molar-refractivity contribution in [1.29, 1.82) is 0 Å².